The number of nitrogens with one attached hydrogen (secondary N) is 1. The number of amides is 1. The maximum Gasteiger partial charge on any atom is 0.261 e. The normalized spacial score (nSPS) is 13.3. The molecule has 0 fully saturated rings. The number of aryl methyl sites for hydroxylation is 1. The van der Waals surface area contributed by atoms with E-state index in [9.17, 15) is 4.79 Å². The van der Waals surface area contributed by atoms with Gasteiger partial charge < -0.3 is 10.1 Å². The summed E-state index contributed by atoms with van der Waals surface area (Å²) < 4.78 is 5.62. The van der Waals surface area contributed by atoms with Gasteiger partial charge in [0.25, 0.3) is 5.91 Å². The largest absolute Gasteiger partial charge is 0.481 e. The van der Waals surface area contributed by atoms with Crippen LogP contribution in [0.15, 0.2) is 48.5 Å². The molecule has 0 aliphatic carbocycles. The summed E-state index contributed by atoms with van der Waals surface area (Å²) in [4.78, 5) is 12.2. The number of carbonyl (C=O) groups excluding carboxylic acids is 1. The lowest BCUT2D eigenvalue weighted by Crippen LogP contribution is -2.37. The second-order valence-corrected chi connectivity index (χ2v) is 5.79. The summed E-state index contributed by atoms with van der Waals surface area (Å²) in [7, 11) is 0. The molecule has 22 heavy (non-hydrogen) atoms. The molecule has 0 spiro atoms. The monoisotopic (exact) mass is 317 g/mol. The van der Waals surface area contributed by atoms with Crippen LogP contribution in [0.4, 0.5) is 0 Å². The number of halogens is 1. The molecule has 2 rings (SSSR count). The van der Waals surface area contributed by atoms with Crippen molar-refractivity contribution in [1.82, 2.24) is 5.32 Å². The molecule has 2 aromatic carbocycles. The fourth-order valence-corrected chi connectivity index (χ4v) is 2.25. The minimum Gasteiger partial charge on any atom is -0.481 e. The summed E-state index contributed by atoms with van der Waals surface area (Å²) in [5, 5.41) is 3.53. The lowest BCUT2D eigenvalue weighted by Gasteiger charge is -2.19. The highest BCUT2D eigenvalue weighted by Gasteiger charge is 2.17. The zero-order valence-electron chi connectivity index (χ0n) is 13.0. The van der Waals surface area contributed by atoms with Crippen LogP contribution in [-0.2, 0) is 4.79 Å². The first-order chi connectivity index (χ1) is 10.5. The van der Waals surface area contributed by atoms with Crippen LogP contribution in [0.1, 0.15) is 31.0 Å². The lowest BCUT2D eigenvalue weighted by molar-refractivity contribution is -0.127. The number of benzene rings is 2. The van der Waals surface area contributed by atoms with Gasteiger partial charge in [-0.2, -0.15) is 0 Å². The van der Waals surface area contributed by atoms with Crippen LogP contribution >= 0.6 is 11.6 Å². The average molecular weight is 318 g/mol. The van der Waals surface area contributed by atoms with Crippen molar-refractivity contribution in [1.29, 1.82) is 0 Å². The average Bonchev–Trinajstić information content (AvgIpc) is 2.47. The predicted molar refractivity (Wildman–Crippen MR) is 89.3 cm³/mol. The molecule has 0 aromatic heterocycles. The molecule has 2 aromatic rings. The van der Waals surface area contributed by atoms with Crippen molar-refractivity contribution >= 4 is 17.5 Å². The smallest absolute Gasteiger partial charge is 0.261 e. The Kier molecular flexibility index (Phi) is 5.45. The quantitative estimate of drug-likeness (QED) is 0.893. The molecule has 0 aliphatic rings. The molecular formula is C18H20ClNO2. The Hall–Kier alpha value is -2.00. The van der Waals surface area contributed by atoms with Gasteiger partial charge >= 0.3 is 0 Å². The topological polar surface area (TPSA) is 38.3 Å². The molecule has 116 valence electrons. The van der Waals surface area contributed by atoms with E-state index in [1.807, 2.05) is 38.1 Å². The van der Waals surface area contributed by atoms with Crippen molar-refractivity contribution in [2.45, 2.75) is 32.9 Å². The van der Waals surface area contributed by atoms with Gasteiger partial charge in [0.1, 0.15) is 5.75 Å². The van der Waals surface area contributed by atoms with Crippen molar-refractivity contribution in [2.75, 3.05) is 0 Å². The van der Waals surface area contributed by atoms with Gasteiger partial charge in [-0.15, -0.1) is 0 Å². The Morgan fingerprint density at radius 1 is 1.14 bits per heavy atom. The highest BCUT2D eigenvalue weighted by atomic mass is 35.5. The van der Waals surface area contributed by atoms with Crippen molar-refractivity contribution in [3.8, 4) is 5.75 Å². The van der Waals surface area contributed by atoms with Gasteiger partial charge in [0.05, 0.1) is 6.04 Å². The van der Waals surface area contributed by atoms with Crippen molar-refractivity contribution in [3.63, 3.8) is 0 Å². The molecule has 0 unspecified atom stereocenters. The number of rotatable bonds is 5. The van der Waals surface area contributed by atoms with E-state index in [0.717, 1.165) is 5.56 Å². The van der Waals surface area contributed by atoms with Gasteiger partial charge in [0.2, 0.25) is 0 Å². The van der Waals surface area contributed by atoms with Crippen LogP contribution in [0, 0.1) is 6.92 Å². The summed E-state index contributed by atoms with van der Waals surface area (Å²) in [6, 6.07) is 15.0. The fraction of sp³-hybridized carbons (Fsp3) is 0.278. The molecule has 3 nitrogen and oxygen atoms in total. The van der Waals surface area contributed by atoms with Gasteiger partial charge in [-0.05, 0) is 44.5 Å². The Morgan fingerprint density at radius 3 is 2.45 bits per heavy atom. The Labute approximate surface area is 136 Å². The minimum absolute atomic E-state index is 0.0708. The SMILES string of the molecule is Cc1ccc([C@H](C)NC(=O)[C@H](C)Oc2cccc(Cl)c2)cc1. The molecule has 2 atom stereocenters. The molecule has 0 radical (unpaired) electrons. The van der Waals surface area contributed by atoms with Crippen LogP contribution in [0.25, 0.3) is 0 Å². The number of hydrogen-bond acceptors (Lipinski definition) is 2. The van der Waals surface area contributed by atoms with Gasteiger partial charge in [0.15, 0.2) is 6.10 Å². The second kappa shape index (κ2) is 7.32. The van der Waals surface area contributed by atoms with Crippen LogP contribution < -0.4 is 10.1 Å². The summed E-state index contributed by atoms with van der Waals surface area (Å²) in [5.41, 5.74) is 2.26. The third kappa shape index (κ3) is 4.50. The first kappa shape index (κ1) is 16.4. The van der Waals surface area contributed by atoms with Gasteiger partial charge in [0, 0.05) is 5.02 Å². The minimum atomic E-state index is -0.591. The Balaban J connectivity index is 1.94. The standard InChI is InChI=1S/C18H20ClNO2/c1-12-7-9-15(10-8-12)13(2)20-18(21)14(3)22-17-6-4-5-16(19)11-17/h4-11,13-14H,1-3H3,(H,20,21)/t13-,14-/m0/s1. The van der Waals surface area contributed by atoms with Crippen LogP contribution in [0.3, 0.4) is 0 Å². The van der Waals surface area contributed by atoms with E-state index in [1.165, 1.54) is 5.56 Å². The maximum atomic E-state index is 12.2. The third-order valence-corrected chi connectivity index (χ3v) is 3.65. The molecule has 4 heteroatoms. The van der Waals surface area contributed by atoms with Gasteiger partial charge in [-0.3, -0.25) is 4.79 Å². The van der Waals surface area contributed by atoms with Crippen molar-refractivity contribution < 1.29 is 9.53 Å². The van der Waals surface area contributed by atoms with E-state index in [4.69, 9.17) is 16.3 Å². The first-order valence-electron chi connectivity index (χ1n) is 7.25. The highest BCUT2D eigenvalue weighted by Crippen LogP contribution is 2.19. The summed E-state index contributed by atoms with van der Waals surface area (Å²) >= 11 is 5.90. The molecule has 0 bridgehead atoms. The number of ether oxygens (including phenoxy) is 1. The molecule has 1 N–H and O–H groups in total. The highest BCUT2D eigenvalue weighted by molar-refractivity contribution is 6.30. The predicted octanol–water partition coefficient (Wildman–Crippen LogP) is 4.29. The second-order valence-electron chi connectivity index (χ2n) is 5.36. The third-order valence-electron chi connectivity index (χ3n) is 3.41. The number of hydrogen-bond donors (Lipinski definition) is 1. The van der Waals surface area contributed by atoms with E-state index in [1.54, 1.807) is 31.2 Å². The van der Waals surface area contributed by atoms with Crippen LogP contribution in [0.5, 0.6) is 5.75 Å². The molecule has 1 amide bonds. The van der Waals surface area contributed by atoms with Gasteiger partial charge in [-0.1, -0.05) is 47.5 Å². The molecule has 0 saturated carbocycles. The Morgan fingerprint density at radius 2 is 1.82 bits per heavy atom. The summed E-state index contributed by atoms with van der Waals surface area (Å²) in [6.07, 6.45) is -0.591. The summed E-state index contributed by atoms with van der Waals surface area (Å²) in [5.74, 6) is 0.422. The van der Waals surface area contributed by atoms with E-state index in [-0.39, 0.29) is 11.9 Å². The van der Waals surface area contributed by atoms with E-state index < -0.39 is 6.10 Å². The molecule has 0 saturated heterocycles. The molecule has 0 heterocycles. The molecule has 0 aliphatic heterocycles. The van der Waals surface area contributed by atoms with E-state index >= 15 is 0 Å². The van der Waals surface area contributed by atoms with Crippen LogP contribution in [0.2, 0.25) is 5.02 Å². The maximum absolute atomic E-state index is 12.2. The van der Waals surface area contributed by atoms with Crippen molar-refractivity contribution in [3.05, 3.63) is 64.7 Å². The van der Waals surface area contributed by atoms with Gasteiger partial charge in [-0.25, -0.2) is 0 Å². The molecular weight excluding hydrogens is 298 g/mol. The van der Waals surface area contributed by atoms with Crippen molar-refractivity contribution in [2.24, 2.45) is 0 Å². The van der Waals surface area contributed by atoms with E-state index in [0.29, 0.717) is 10.8 Å². The fourth-order valence-electron chi connectivity index (χ4n) is 2.07. The zero-order chi connectivity index (χ0) is 16.1. The summed E-state index contributed by atoms with van der Waals surface area (Å²) in [6.45, 7) is 5.71. The van der Waals surface area contributed by atoms with E-state index in [2.05, 4.69) is 5.32 Å². The zero-order valence-corrected chi connectivity index (χ0v) is 13.7. The number of carbonyl (C=O) groups is 1. The Bertz CT molecular complexity index is 640. The van der Waals surface area contributed by atoms with Crippen LogP contribution in [-0.4, -0.2) is 12.0 Å². The first-order valence-corrected chi connectivity index (χ1v) is 7.62. The lowest BCUT2D eigenvalue weighted by atomic mass is 10.1.